The molecule has 0 unspecified atom stereocenters. The Morgan fingerprint density at radius 2 is 2.21 bits per heavy atom. The van der Waals surface area contributed by atoms with Crippen LogP contribution in [0.25, 0.3) is 0 Å². The minimum absolute atomic E-state index is 0.0379. The van der Waals surface area contributed by atoms with E-state index in [4.69, 9.17) is 0 Å². The largest absolute Gasteiger partial charge is 0.352 e. The van der Waals surface area contributed by atoms with Crippen molar-refractivity contribution in [1.82, 2.24) is 15.1 Å². The summed E-state index contributed by atoms with van der Waals surface area (Å²) in [6.07, 6.45) is 6.75. The number of nitrogens with one attached hydrogen (secondary N) is 1. The van der Waals surface area contributed by atoms with Gasteiger partial charge in [0.25, 0.3) is 0 Å². The van der Waals surface area contributed by atoms with Gasteiger partial charge in [0.2, 0.25) is 5.91 Å². The highest BCUT2D eigenvalue weighted by molar-refractivity contribution is 5.76. The molecule has 1 aliphatic rings. The van der Waals surface area contributed by atoms with Gasteiger partial charge in [-0.3, -0.25) is 19.6 Å². The summed E-state index contributed by atoms with van der Waals surface area (Å²) in [6, 6.07) is 0.243. The summed E-state index contributed by atoms with van der Waals surface area (Å²) in [5.41, 5.74) is 0.356. The van der Waals surface area contributed by atoms with E-state index in [0.29, 0.717) is 5.69 Å². The van der Waals surface area contributed by atoms with Crippen molar-refractivity contribution < 1.29 is 9.72 Å². The first-order valence-electron chi connectivity index (χ1n) is 6.54. The van der Waals surface area contributed by atoms with Crippen LogP contribution in [0, 0.1) is 17.0 Å². The Bertz CT molecular complexity index is 477. The molecule has 7 nitrogen and oxygen atoms in total. The highest BCUT2D eigenvalue weighted by atomic mass is 16.6. The van der Waals surface area contributed by atoms with Crippen molar-refractivity contribution in [2.45, 2.75) is 51.6 Å². The molecule has 1 saturated carbocycles. The third-order valence-corrected chi connectivity index (χ3v) is 3.54. The second-order valence-corrected chi connectivity index (χ2v) is 4.93. The molecular formula is C12H18N4O3. The number of rotatable bonds is 4. The maximum atomic E-state index is 11.9. The van der Waals surface area contributed by atoms with Gasteiger partial charge in [-0.2, -0.15) is 5.10 Å². The first kappa shape index (κ1) is 13.5. The highest BCUT2D eigenvalue weighted by Crippen LogP contribution is 2.18. The van der Waals surface area contributed by atoms with Gasteiger partial charge in [0.05, 0.1) is 4.92 Å². The Morgan fingerprint density at radius 1 is 1.53 bits per heavy atom. The van der Waals surface area contributed by atoms with Crippen molar-refractivity contribution in [1.29, 1.82) is 0 Å². The maximum absolute atomic E-state index is 11.9. The number of hydrogen-bond acceptors (Lipinski definition) is 4. The van der Waals surface area contributed by atoms with E-state index in [9.17, 15) is 14.9 Å². The number of nitro groups is 1. The van der Waals surface area contributed by atoms with Crippen LogP contribution in [0.3, 0.4) is 0 Å². The molecule has 1 N–H and O–H groups in total. The molecule has 1 aromatic rings. The van der Waals surface area contributed by atoms with Crippen LogP contribution < -0.4 is 5.32 Å². The molecule has 0 spiro atoms. The van der Waals surface area contributed by atoms with Crippen molar-refractivity contribution >= 4 is 11.6 Å². The molecular weight excluding hydrogens is 248 g/mol. The average molecular weight is 266 g/mol. The minimum Gasteiger partial charge on any atom is -0.352 e. The second kappa shape index (κ2) is 5.81. The quantitative estimate of drug-likeness (QED) is 0.661. The lowest BCUT2D eigenvalue weighted by molar-refractivity contribution is -0.385. The normalized spacial score (nSPS) is 16.3. The van der Waals surface area contributed by atoms with Crippen LogP contribution in [0.1, 0.15) is 37.8 Å². The third kappa shape index (κ3) is 3.30. The molecule has 1 heterocycles. The van der Waals surface area contributed by atoms with Crippen molar-refractivity contribution in [3.8, 4) is 0 Å². The molecule has 0 bridgehead atoms. The molecule has 2 rings (SSSR count). The zero-order chi connectivity index (χ0) is 13.8. The number of aromatic nitrogens is 2. The molecule has 0 saturated heterocycles. The van der Waals surface area contributed by atoms with Gasteiger partial charge >= 0.3 is 5.69 Å². The zero-order valence-corrected chi connectivity index (χ0v) is 11.0. The first-order chi connectivity index (χ1) is 9.08. The summed E-state index contributed by atoms with van der Waals surface area (Å²) < 4.78 is 1.37. The van der Waals surface area contributed by atoms with Gasteiger partial charge in [0.15, 0.2) is 0 Å². The van der Waals surface area contributed by atoms with Crippen molar-refractivity contribution in [3.05, 3.63) is 22.0 Å². The van der Waals surface area contributed by atoms with Gasteiger partial charge in [-0.25, -0.2) is 0 Å². The van der Waals surface area contributed by atoms with Gasteiger partial charge in [-0.05, 0) is 19.8 Å². The predicted molar refractivity (Wildman–Crippen MR) is 68.6 cm³/mol. The summed E-state index contributed by atoms with van der Waals surface area (Å²) in [5, 5.41) is 17.5. The van der Waals surface area contributed by atoms with Crippen molar-refractivity contribution in [2.24, 2.45) is 0 Å². The van der Waals surface area contributed by atoms with E-state index in [1.54, 1.807) is 6.92 Å². The summed E-state index contributed by atoms with van der Waals surface area (Å²) >= 11 is 0. The second-order valence-electron chi connectivity index (χ2n) is 4.93. The van der Waals surface area contributed by atoms with Gasteiger partial charge in [0, 0.05) is 6.04 Å². The van der Waals surface area contributed by atoms with Crippen LogP contribution in [-0.4, -0.2) is 26.7 Å². The van der Waals surface area contributed by atoms with Crippen molar-refractivity contribution in [3.63, 3.8) is 0 Å². The summed E-state index contributed by atoms with van der Waals surface area (Å²) in [5.74, 6) is -0.131. The molecule has 0 aromatic carbocycles. The SMILES string of the molecule is Cc1c([N+](=O)[O-])cnn1CC(=O)NC1CCCCC1. The van der Waals surface area contributed by atoms with E-state index in [0.717, 1.165) is 25.7 Å². The summed E-state index contributed by atoms with van der Waals surface area (Å²) in [4.78, 5) is 22.1. The third-order valence-electron chi connectivity index (χ3n) is 3.54. The highest BCUT2D eigenvalue weighted by Gasteiger charge is 2.20. The van der Waals surface area contributed by atoms with Crippen LogP contribution in [0.2, 0.25) is 0 Å². The van der Waals surface area contributed by atoms with Crippen molar-refractivity contribution in [2.75, 3.05) is 0 Å². The standard InChI is InChI=1S/C12H18N4O3/c1-9-11(16(18)19)7-13-15(9)8-12(17)14-10-5-3-2-4-6-10/h7,10H,2-6,8H2,1H3,(H,14,17). The Kier molecular flexibility index (Phi) is 4.13. The Labute approximate surface area is 111 Å². The van der Waals surface area contributed by atoms with Crippen LogP contribution in [-0.2, 0) is 11.3 Å². The Hall–Kier alpha value is -1.92. The Morgan fingerprint density at radius 3 is 2.79 bits per heavy atom. The average Bonchev–Trinajstić information content (AvgIpc) is 2.72. The van der Waals surface area contributed by atoms with E-state index in [-0.39, 0.29) is 24.2 Å². The maximum Gasteiger partial charge on any atom is 0.309 e. The predicted octanol–water partition coefficient (Wildman–Crippen LogP) is 1.55. The van der Waals surface area contributed by atoms with E-state index >= 15 is 0 Å². The van der Waals surface area contributed by atoms with Crippen LogP contribution in [0.5, 0.6) is 0 Å². The summed E-state index contributed by atoms with van der Waals surface area (Å²) in [7, 11) is 0. The van der Waals surface area contributed by atoms with Gasteiger partial charge in [0.1, 0.15) is 18.4 Å². The topological polar surface area (TPSA) is 90.1 Å². The molecule has 0 aliphatic heterocycles. The molecule has 104 valence electrons. The molecule has 1 amide bonds. The number of carbonyl (C=O) groups excluding carboxylic acids is 1. The summed E-state index contributed by atoms with van der Waals surface area (Å²) in [6.45, 7) is 1.63. The van der Waals surface area contributed by atoms with E-state index in [1.165, 1.54) is 17.3 Å². The first-order valence-corrected chi connectivity index (χ1v) is 6.54. The minimum atomic E-state index is -0.488. The fourth-order valence-corrected chi connectivity index (χ4v) is 2.43. The fraction of sp³-hybridized carbons (Fsp3) is 0.667. The molecule has 0 atom stereocenters. The Balaban J connectivity index is 1.93. The van der Waals surface area contributed by atoms with Crippen LogP contribution >= 0.6 is 0 Å². The molecule has 7 heteroatoms. The molecule has 1 aliphatic carbocycles. The van der Waals surface area contributed by atoms with Gasteiger partial charge < -0.3 is 5.32 Å². The lowest BCUT2D eigenvalue weighted by Crippen LogP contribution is -2.38. The molecule has 0 radical (unpaired) electrons. The lowest BCUT2D eigenvalue weighted by atomic mass is 9.95. The number of carbonyl (C=O) groups is 1. The zero-order valence-electron chi connectivity index (χ0n) is 11.0. The number of amides is 1. The van der Waals surface area contributed by atoms with E-state index < -0.39 is 4.92 Å². The van der Waals surface area contributed by atoms with Gasteiger partial charge in [-0.1, -0.05) is 19.3 Å². The van der Waals surface area contributed by atoms with Crippen LogP contribution in [0.15, 0.2) is 6.20 Å². The number of hydrogen-bond donors (Lipinski definition) is 1. The van der Waals surface area contributed by atoms with Crippen LogP contribution in [0.4, 0.5) is 5.69 Å². The smallest absolute Gasteiger partial charge is 0.309 e. The van der Waals surface area contributed by atoms with Gasteiger partial charge in [-0.15, -0.1) is 0 Å². The molecule has 1 fully saturated rings. The van der Waals surface area contributed by atoms with E-state index in [1.807, 2.05) is 0 Å². The fourth-order valence-electron chi connectivity index (χ4n) is 2.43. The number of nitrogens with zero attached hydrogens (tertiary/aromatic N) is 3. The lowest BCUT2D eigenvalue weighted by Gasteiger charge is -2.22. The molecule has 1 aromatic heterocycles. The molecule has 19 heavy (non-hydrogen) atoms. The van der Waals surface area contributed by atoms with E-state index in [2.05, 4.69) is 10.4 Å². The monoisotopic (exact) mass is 266 g/mol.